The van der Waals surface area contributed by atoms with Crippen LogP contribution in [0.15, 0.2) is 60.8 Å². The number of carbonyl (C=O) groups excluding carboxylic acids is 2. The molecule has 66 heavy (non-hydrogen) atoms. The molecule has 1 unspecified atom stereocenters. The standard InChI is InChI=1S/C49H83O16P/c1-3-5-7-8-9-10-11-12-13-14-15-16-17-18-19-20-25-29-42(53)62-34-37-35-63-66(60,61)65-49-47(58)45(56)39(32-31-36(50)27-23-6-4-2)41(52)33-40(51)38(44(55)46(57)48(49)59)28-24-21-22-26-30-43(54)64-37/h5,7,9-10,12-13,15-16,31-32,36-41,44-52,55-59H,3-4,6,8,11,14,17-30,33-35H2,1-2H3,(H,60,61)/b7-5-,10-9-,13-12-,16-15-,32-31+/t36-,37+,38-,39-,40-,41+,44+,45+,46-,47+,48+,49+/m0/s1. The highest BCUT2D eigenvalue weighted by Crippen LogP contribution is 2.47. The van der Waals surface area contributed by atoms with Crippen LogP contribution in [0.1, 0.15) is 149 Å². The quantitative estimate of drug-likeness (QED) is 0.0257. The molecule has 1 saturated heterocycles. The maximum atomic E-state index is 13.5. The molecule has 16 nitrogen and oxygen atoms in total. The summed E-state index contributed by atoms with van der Waals surface area (Å²) in [6.45, 7) is 2.72. The third-order valence-electron chi connectivity index (χ3n) is 11.9. The van der Waals surface area contributed by atoms with Gasteiger partial charge in [0.2, 0.25) is 0 Å². The molecule has 0 radical (unpaired) electrons. The number of ether oxygens (including phenoxy) is 2. The van der Waals surface area contributed by atoms with Gasteiger partial charge in [-0.1, -0.05) is 126 Å². The largest absolute Gasteiger partial charge is 0.472 e. The first kappa shape index (κ1) is 59.6. The van der Waals surface area contributed by atoms with E-state index < -0.39 is 112 Å². The zero-order valence-electron chi connectivity index (χ0n) is 39.3. The first-order chi connectivity index (χ1) is 31.6. The molecule has 2 fully saturated rings. The molecule has 2 bridgehead atoms. The molecule has 1 heterocycles. The molecule has 0 aromatic rings. The van der Waals surface area contributed by atoms with Gasteiger partial charge in [0.05, 0.1) is 37.1 Å². The number of phosphoric acid groups is 1. The number of fused-ring (bicyclic) bond motifs is 4. The molecule has 380 valence electrons. The molecular weight excluding hydrogens is 875 g/mol. The summed E-state index contributed by atoms with van der Waals surface area (Å²) in [5, 5.41) is 90.1. The lowest BCUT2D eigenvalue weighted by atomic mass is 9.82. The highest BCUT2D eigenvalue weighted by atomic mass is 31.2. The number of cyclic esters (lactones) is 1. The van der Waals surface area contributed by atoms with Crippen molar-refractivity contribution in [3.63, 3.8) is 0 Å². The van der Waals surface area contributed by atoms with E-state index in [1.54, 1.807) is 0 Å². The molecular formula is C49H83O16P. The number of aliphatic hydroxyl groups is 8. The molecule has 1 aliphatic carbocycles. The topological polar surface area (TPSA) is 270 Å². The lowest BCUT2D eigenvalue weighted by Gasteiger charge is -2.37. The van der Waals surface area contributed by atoms with Crippen LogP contribution < -0.4 is 0 Å². The second kappa shape index (κ2) is 34.7. The second-order valence-electron chi connectivity index (χ2n) is 17.5. The average molecular weight is 959 g/mol. The predicted octanol–water partition coefficient (Wildman–Crippen LogP) is 6.10. The van der Waals surface area contributed by atoms with E-state index in [-0.39, 0.29) is 19.3 Å². The minimum Gasteiger partial charge on any atom is -0.462 e. The Morgan fingerprint density at radius 1 is 0.758 bits per heavy atom. The second-order valence-corrected chi connectivity index (χ2v) is 19.0. The normalized spacial score (nSPS) is 32.3. The van der Waals surface area contributed by atoms with Gasteiger partial charge in [-0.25, -0.2) is 4.57 Å². The Balaban J connectivity index is 2.11. The van der Waals surface area contributed by atoms with E-state index in [2.05, 4.69) is 55.5 Å². The summed E-state index contributed by atoms with van der Waals surface area (Å²) in [4.78, 5) is 36.5. The summed E-state index contributed by atoms with van der Waals surface area (Å²) in [5.74, 6) is -3.91. The highest BCUT2D eigenvalue weighted by Gasteiger charge is 2.49. The van der Waals surface area contributed by atoms with Gasteiger partial charge < -0.3 is 55.2 Å². The molecule has 13 atom stereocenters. The van der Waals surface area contributed by atoms with Gasteiger partial charge in [-0.05, 0) is 64.2 Å². The first-order valence-electron chi connectivity index (χ1n) is 24.3. The molecule has 1 saturated carbocycles. The first-order valence-corrected chi connectivity index (χ1v) is 25.8. The maximum absolute atomic E-state index is 13.5. The number of rotatable bonds is 22. The van der Waals surface area contributed by atoms with Crippen molar-refractivity contribution >= 4 is 19.8 Å². The highest BCUT2D eigenvalue weighted by molar-refractivity contribution is 7.47. The Hall–Kier alpha value is -2.57. The zero-order chi connectivity index (χ0) is 48.7. The molecule has 2 rings (SSSR count). The van der Waals surface area contributed by atoms with Crippen LogP contribution in [0.2, 0.25) is 0 Å². The molecule has 1 aliphatic heterocycles. The van der Waals surface area contributed by atoms with Crippen LogP contribution >= 0.6 is 7.82 Å². The van der Waals surface area contributed by atoms with Crippen molar-refractivity contribution in [3.8, 4) is 0 Å². The van der Waals surface area contributed by atoms with Crippen LogP contribution in [0.25, 0.3) is 0 Å². The third-order valence-corrected chi connectivity index (χ3v) is 12.9. The van der Waals surface area contributed by atoms with Gasteiger partial charge in [0, 0.05) is 31.1 Å². The van der Waals surface area contributed by atoms with Crippen LogP contribution in [0.5, 0.6) is 0 Å². The van der Waals surface area contributed by atoms with Crippen molar-refractivity contribution in [1.82, 2.24) is 0 Å². The molecule has 0 aromatic carbocycles. The molecule has 17 heteroatoms. The van der Waals surface area contributed by atoms with E-state index in [4.69, 9.17) is 18.5 Å². The average Bonchev–Trinajstić information content (AvgIpc) is 3.28. The summed E-state index contributed by atoms with van der Waals surface area (Å²) < 4.78 is 34.7. The minimum atomic E-state index is -5.43. The van der Waals surface area contributed by atoms with Gasteiger partial charge in [0.15, 0.2) is 6.10 Å². The number of allylic oxidation sites excluding steroid dienone is 8. The van der Waals surface area contributed by atoms with E-state index in [1.807, 2.05) is 6.92 Å². The summed E-state index contributed by atoms with van der Waals surface area (Å²) in [6.07, 6.45) is 13.0. The monoisotopic (exact) mass is 959 g/mol. The number of phosphoric ester groups is 1. The number of unbranched alkanes of at least 4 members (excludes halogenated alkanes) is 6. The summed E-state index contributed by atoms with van der Waals surface area (Å²) in [6, 6.07) is 0. The number of aliphatic hydroxyl groups excluding tert-OH is 8. The summed E-state index contributed by atoms with van der Waals surface area (Å²) >= 11 is 0. The van der Waals surface area contributed by atoms with Crippen molar-refractivity contribution in [2.75, 3.05) is 13.2 Å². The van der Waals surface area contributed by atoms with E-state index in [1.165, 1.54) is 12.2 Å². The zero-order valence-corrected chi connectivity index (χ0v) is 40.2. The fraction of sp³-hybridized carbons (Fsp3) is 0.755. The van der Waals surface area contributed by atoms with Gasteiger partial charge in [-0.2, -0.15) is 0 Å². The van der Waals surface area contributed by atoms with Crippen LogP contribution in [0, 0.1) is 11.8 Å². The van der Waals surface area contributed by atoms with Crippen LogP contribution in [0.4, 0.5) is 0 Å². The fourth-order valence-corrected chi connectivity index (χ4v) is 8.93. The number of hydrogen-bond acceptors (Lipinski definition) is 15. The van der Waals surface area contributed by atoms with Gasteiger partial charge in [-0.3, -0.25) is 18.6 Å². The van der Waals surface area contributed by atoms with Gasteiger partial charge in [0.1, 0.15) is 31.0 Å². The van der Waals surface area contributed by atoms with E-state index in [0.717, 1.165) is 64.2 Å². The van der Waals surface area contributed by atoms with Crippen LogP contribution in [-0.2, 0) is 32.7 Å². The van der Waals surface area contributed by atoms with Gasteiger partial charge in [-0.15, -0.1) is 0 Å². The maximum Gasteiger partial charge on any atom is 0.472 e. The van der Waals surface area contributed by atoms with Crippen LogP contribution in [-0.4, -0.2) is 132 Å². The Morgan fingerprint density at radius 3 is 2.08 bits per heavy atom. The lowest BCUT2D eigenvalue weighted by molar-refractivity contribution is -0.167. The number of carbonyl (C=O) groups is 2. The molecule has 2 aliphatic rings. The van der Waals surface area contributed by atoms with Crippen molar-refractivity contribution < 1.29 is 78.4 Å². The van der Waals surface area contributed by atoms with Gasteiger partial charge >= 0.3 is 19.8 Å². The fourth-order valence-electron chi connectivity index (χ4n) is 7.96. The SMILES string of the molecule is CC/C=C\C/C=C\C/C=C\C/C=C\CCCCCCC(=O)OC[C@@H]1COP(=O)(O)O[C@H]2[C@H](O)[C@@H](O)[C@H](O)[C@@H](CCCCCCC(=O)O1)[C@@H](O)C[C@@H](O)[C@H](/C=C/[C@@H](O)CCCCC)[C@@H](O)[C@H]2O. The Kier molecular flexibility index (Phi) is 31.3. The molecule has 9 N–H and O–H groups in total. The molecule has 0 amide bonds. The number of hydrogen-bond donors (Lipinski definition) is 9. The van der Waals surface area contributed by atoms with Crippen molar-refractivity contribution in [2.24, 2.45) is 11.8 Å². The Labute approximate surface area is 392 Å². The van der Waals surface area contributed by atoms with Crippen molar-refractivity contribution in [1.29, 1.82) is 0 Å². The van der Waals surface area contributed by atoms with Gasteiger partial charge in [0.25, 0.3) is 0 Å². The predicted molar refractivity (Wildman–Crippen MR) is 251 cm³/mol. The smallest absolute Gasteiger partial charge is 0.462 e. The minimum absolute atomic E-state index is 0.0568. The number of esters is 2. The Morgan fingerprint density at radius 2 is 1.39 bits per heavy atom. The van der Waals surface area contributed by atoms with E-state index in [0.29, 0.717) is 44.9 Å². The van der Waals surface area contributed by atoms with Crippen molar-refractivity contribution in [3.05, 3.63) is 60.8 Å². The lowest BCUT2D eigenvalue weighted by Crippen LogP contribution is -2.55. The van der Waals surface area contributed by atoms with E-state index >= 15 is 0 Å². The Bertz CT molecular complexity index is 1520. The molecule has 0 aromatic heterocycles. The van der Waals surface area contributed by atoms with Crippen LogP contribution in [0.3, 0.4) is 0 Å². The summed E-state index contributed by atoms with van der Waals surface area (Å²) in [7, 11) is -5.43. The molecule has 0 spiro atoms. The third kappa shape index (κ3) is 24.6. The van der Waals surface area contributed by atoms with E-state index in [9.17, 15) is 59.9 Å². The van der Waals surface area contributed by atoms with Crippen molar-refractivity contribution in [2.45, 2.75) is 210 Å². The summed E-state index contributed by atoms with van der Waals surface area (Å²) in [5.41, 5.74) is 0.